The summed E-state index contributed by atoms with van der Waals surface area (Å²) >= 11 is 0. The number of ketones is 1. The van der Waals surface area contributed by atoms with Crippen molar-refractivity contribution in [1.82, 2.24) is 0 Å². The minimum Gasteiger partial charge on any atom is -0.496 e. The highest BCUT2D eigenvalue weighted by Crippen LogP contribution is 2.42. The molecule has 0 saturated heterocycles. The van der Waals surface area contributed by atoms with E-state index in [-0.39, 0.29) is 23.9 Å². The van der Waals surface area contributed by atoms with Crippen LogP contribution >= 0.6 is 0 Å². The Balaban J connectivity index is 1.58. The smallest absolute Gasteiger partial charge is 0.173 e. The van der Waals surface area contributed by atoms with Gasteiger partial charge in [0, 0.05) is 13.5 Å². The molecule has 1 fully saturated rings. The Morgan fingerprint density at radius 3 is 2.73 bits per heavy atom. The van der Waals surface area contributed by atoms with E-state index in [0.29, 0.717) is 30.5 Å². The maximum absolute atomic E-state index is 13.2. The van der Waals surface area contributed by atoms with Crippen LogP contribution in [-0.4, -0.2) is 38.3 Å². The molecule has 4 atom stereocenters. The zero-order valence-electron chi connectivity index (χ0n) is 15.4. The number of Topliss-reactive ketones (excluding diaryl/α,β-unsaturated/α-hetero) is 1. The summed E-state index contributed by atoms with van der Waals surface area (Å²) in [5.74, 6) is 1.92. The molecule has 0 bridgehead atoms. The van der Waals surface area contributed by atoms with Crippen molar-refractivity contribution >= 4 is 11.4 Å². The molecule has 4 rings (SSSR count). The minimum absolute atomic E-state index is 0.0819. The van der Waals surface area contributed by atoms with Crippen molar-refractivity contribution < 1.29 is 23.7 Å². The second-order valence-corrected chi connectivity index (χ2v) is 7.33. The number of fused-ring (bicyclic) bond motifs is 2. The lowest BCUT2D eigenvalue weighted by Crippen LogP contribution is -2.45. The third-order valence-corrected chi connectivity index (χ3v) is 5.77. The van der Waals surface area contributed by atoms with Gasteiger partial charge in [0.2, 0.25) is 0 Å². The molecule has 1 aliphatic carbocycles. The highest BCUT2D eigenvalue weighted by molar-refractivity contribution is 6.22. The summed E-state index contributed by atoms with van der Waals surface area (Å²) in [6.45, 7) is 3.26. The largest absolute Gasteiger partial charge is 0.496 e. The van der Waals surface area contributed by atoms with Crippen molar-refractivity contribution in [2.45, 2.75) is 44.8 Å². The number of methoxy groups -OCH3 is 1. The summed E-state index contributed by atoms with van der Waals surface area (Å²) in [4.78, 5) is 13.2. The molecule has 0 N–H and O–H groups in total. The van der Waals surface area contributed by atoms with Crippen molar-refractivity contribution in [2.75, 3.05) is 20.3 Å². The highest BCUT2D eigenvalue weighted by atomic mass is 16.6. The van der Waals surface area contributed by atoms with Crippen LogP contribution in [0.4, 0.5) is 0 Å². The Bertz CT molecular complexity index is 710. The van der Waals surface area contributed by atoms with Crippen molar-refractivity contribution in [3.63, 3.8) is 0 Å². The van der Waals surface area contributed by atoms with Crippen LogP contribution in [-0.2, 0) is 14.3 Å². The molecule has 26 heavy (non-hydrogen) atoms. The highest BCUT2D eigenvalue weighted by Gasteiger charge is 2.44. The molecule has 140 valence electrons. The number of ether oxygens (including phenoxy) is 4. The summed E-state index contributed by atoms with van der Waals surface area (Å²) in [5.41, 5.74) is 1.47. The fraction of sp³-hybridized carbons (Fsp3) is 0.571. The van der Waals surface area contributed by atoms with Crippen LogP contribution in [0.1, 0.15) is 38.2 Å². The molecular weight excluding hydrogens is 332 g/mol. The monoisotopic (exact) mass is 358 g/mol. The maximum Gasteiger partial charge on any atom is 0.173 e. The van der Waals surface area contributed by atoms with Crippen LogP contribution in [0.3, 0.4) is 0 Å². The van der Waals surface area contributed by atoms with Crippen molar-refractivity contribution in [2.24, 2.45) is 11.8 Å². The second kappa shape index (κ2) is 7.31. The first-order valence-electron chi connectivity index (χ1n) is 9.54. The number of carbonyl (C=O) groups is 1. The van der Waals surface area contributed by atoms with Gasteiger partial charge in [-0.15, -0.1) is 0 Å². The van der Waals surface area contributed by atoms with Crippen LogP contribution in [0.2, 0.25) is 0 Å². The minimum atomic E-state index is -0.0915. The molecule has 1 aromatic rings. The molecule has 0 aromatic heterocycles. The standard InChI is InChI=1S/C21H26O5/c1-3-4-14-9-15-19(11-18(14)23-2)26-12-16(21(15)22)13-5-6-17-20(10-13)25-8-7-24-17/h5-6,10,12,14-15,18-19H,3-4,7-9,11H2,1-2H3. The molecule has 1 aromatic carbocycles. The van der Waals surface area contributed by atoms with E-state index in [1.807, 2.05) is 18.2 Å². The fourth-order valence-electron chi connectivity index (χ4n) is 4.44. The van der Waals surface area contributed by atoms with Gasteiger partial charge in [0.05, 0.1) is 23.9 Å². The summed E-state index contributed by atoms with van der Waals surface area (Å²) in [5, 5.41) is 0. The van der Waals surface area contributed by atoms with Crippen molar-refractivity contribution in [3.05, 3.63) is 30.0 Å². The first-order chi connectivity index (χ1) is 12.7. The Kier molecular flexibility index (Phi) is 4.90. The SMILES string of the molecule is CCCC1CC2C(=O)C(c3ccc4c(c3)OCCO4)=COC2CC1OC. The summed E-state index contributed by atoms with van der Waals surface area (Å²) in [7, 11) is 1.76. The number of rotatable bonds is 4. The van der Waals surface area contributed by atoms with Crippen LogP contribution in [0.5, 0.6) is 11.5 Å². The molecule has 2 aliphatic heterocycles. The average molecular weight is 358 g/mol. The summed E-state index contributed by atoms with van der Waals surface area (Å²) < 4.78 is 22.9. The average Bonchev–Trinajstić information content (AvgIpc) is 2.68. The quantitative estimate of drug-likeness (QED) is 0.823. The Morgan fingerprint density at radius 1 is 1.15 bits per heavy atom. The van der Waals surface area contributed by atoms with Crippen LogP contribution in [0.15, 0.2) is 24.5 Å². The number of benzene rings is 1. The van der Waals surface area contributed by atoms with Gasteiger partial charge in [-0.25, -0.2) is 0 Å². The van der Waals surface area contributed by atoms with E-state index < -0.39 is 0 Å². The van der Waals surface area contributed by atoms with E-state index in [9.17, 15) is 4.79 Å². The molecule has 0 amide bonds. The lowest BCUT2D eigenvalue weighted by molar-refractivity contribution is -0.131. The number of allylic oxidation sites excluding steroid dienone is 1. The van der Waals surface area contributed by atoms with E-state index >= 15 is 0 Å². The molecule has 1 saturated carbocycles. The zero-order valence-corrected chi connectivity index (χ0v) is 15.4. The van der Waals surface area contributed by atoms with Gasteiger partial charge in [-0.2, -0.15) is 0 Å². The van der Waals surface area contributed by atoms with Gasteiger partial charge < -0.3 is 18.9 Å². The third kappa shape index (κ3) is 3.09. The van der Waals surface area contributed by atoms with E-state index in [0.717, 1.165) is 37.0 Å². The van der Waals surface area contributed by atoms with E-state index in [2.05, 4.69) is 6.92 Å². The Labute approximate surface area is 154 Å². The molecule has 3 aliphatic rings. The summed E-state index contributed by atoms with van der Waals surface area (Å²) in [6, 6.07) is 5.66. The lowest BCUT2D eigenvalue weighted by atomic mass is 9.71. The first-order valence-corrected chi connectivity index (χ1v) is 9.54. The number of carbonyl (C=O) groups excluding carboxylic acids is 1. The first kappa shape index (κ1) is 17.4. The van der Waals surface area contributed by atoms with Gasteiger partial charge in [0.1, 0.15) is 19.3 Å². The third-order valence-electron chi connectivity index (χ3n) is 5.77. The molecule has 0 spiro atoms. The summed E-state index contributed by atoms with van der Waals surface area (Å²) in [6.07, 6.45) is 5.51. The van der Waals surface area contributed by atoms with Crippen LogP contribution in [0.25, 0.3) is 5.57 Å². The number of hydrogen-bond acceptors (Lipinski definition) is 5. The van der Waals surface area contributed by atoms with Crippen molar-refractivity contribution in [3.8, 4) is 11.5 Å². The molecule has 5 nitrogen and oxygen atoms in total. The fourth-order valence-corrected chi connectivity index (χ4v) is 4.44. The van der Waals surface area contributed by atoms with Crippen LogP contribution < -0.4 is 9.47 Å². The van der Waals surface area contributed by atoms with Gasteiger partial charge in [-0.3, -0.25) is 4.79 Å². The lowest BCUT2D eigenvalue weighted by Gasteiger charge is -2.41. The molecule has 4 unspecified atom stereocenters. The van der Waals surface area contributed by atoms with Gasteiger partial charge in [-0.05, 0) is 36.5 Å². The van der Waals surface area contributed by atoms with Gasteiger partial charge >= 0.3 is 0 Å². The molecule has 5 heteroatoms. The zero-order chi connectivity index (χ0) is 18.1. The predicted octanol–water partition coefficient (Wildman–Crippen LogP) is 3.61. The Morgan fingerprint density at radius 2 is 1.96 bits per heavy atom. The molecular formula is C21H26O5. The van der Waals surface area contributed by atoms with E-state index in [1.54, 1.807) is 13.4 Å². The van der Waals surface area contributed by atoms with Crippen molar-refractivity contribution in [1.29, 1.82) is 0 Å². The normalized spacial score (nSPS) is 30.2. The van der Waals surface area contributed by atoms with Gasteiger partial charge in [0.25, 0.3) is 0 Å². The van der Waals surface area contributed by atoms with E-state index in [1.165, 1.54) is 0 Å². The van der Waals surface area contributed by atoms with Gasteiger partial charge in [-0.1, -0.05) is 19.4 Å². The topological polar surface area (TPSA) is 54.0 Å². The second-order valence-electron chi connectivity index (χ2n) is 7.33. The van der Waals surface area contributed by atoms with E-state index in [4.69, 9.17) is 18.9 Å². The molecule has 2 heterocycles. The molecule has 0 radical (unpaired) electrons. The Hall–Kier alpha value is -2.01. The maximum atomic E-state index is 13.2. The number of hydrogen-bond donors (Lipinski definition) is 0. The van der Waals surface area contributed by atoms with Crippen LogP contribution in [0, 0.1) is 11.8 Å². The van der Waals surface area contributed by atoms with Gasteiger partial charge in [0.15, 0.2) is 17.3 Å². The predicted molar refractivity (Wildman–Crippen MR) is 97.2 cm³/mol.